The van der Waals surface area contributed by atoms with Crippen LogP contribution in [-0.2, 0) is 21.2 Å². The van der Waals surface area contributed by atoms with Crippen molar-refractivity contribution in [3.63, 3.8) is 0 Å². The Hall–Kier alpha value is -2.82. The number of nitrogens with zero attached hydrogens (tertiary/aromatic N) is 4. The highest BCUT2D eigenvalue weighted by atomic mass is 32.2. The van der Waals surface area contributed by atoms with E-state index in [0.717, 1.165) is 16.9 Å². The molecule has 9 nitrogen and oxygen atoms in total. The van der Waals surface area contributed by atoms with E-state index in [9.17, 15) is 8.42 Å². The van der Waals surface area contributed by atoms with E-state index in [1.165, 1.54) is 4.31 Å². The monoisotopic (exact) mass is 430 g/mol. The molecule has 0 saturated carbocycles. The molecule has 0 bridgehead atoms. The summed E-state index contributed by atoms with van der Waals surface area (Å²) in [7, 11) is -1.85. The number of morpholine rings is 1. The average Bonchev–Trinajstić information content (AvgIpc) is 3.29. The van der Waals surface area contributed by atoms with Gasteiger partial charge in [-0.2, -0.15) is 9.29 Å². The van der Waals surface area contributed by atoms with Crippen LogP contribution in [-0.4, -0.2) is 60.4 Å². The van der Waals surface area contributed by atoms with Gasteiger partial charge in [0.15, 0.2) is 6.10 Å². The maximum absolute atomic E-state index is 12.8. The lowest BCUT2D eigenvalue weighted by Gasteiger charge is -2.30. The zero-order valence-corrected chi connectivity index (χ0v) is 17.3. The Labute approximate surface area is 174 Å². The number of sulfonamides is 1. The number of rotatable bonds is 7. The largest absolute Gasteiger partial charge is 0.497 e. The molecule has 0 aliphatic carbocycles. The molecule has 158 valence electrons. The van der Waals surface area contributed by atoms with Crippen molar-refractivity contribution >= 4 is 10.0 Å². The molecule has 1 aromatic carbocycles. The van der Waals surface area contributed by atoms with Crippen molar-refractivity contribution in [1.82, 2.24) is 19.4 Å². The Bertz CT molecular complexity index is 1070. The topological polar surface area (TPSA) is 108 Å². The van der Waals surface area contributed by atoms with Gasteiger partial charge in [0.05, 0.1) is 19.5 Å². The van der Waals surface area contributed by atoms with E-state index >= 15 is 0 Å². The first kappa shape index (κ1) is 20.5. The van der Waals surface area contributed by atoms with Gasteiger partial charge in [-0.15, -0.1) is 0 Å². The fourth-order valence-electron chi connectivity index (χ4n) is 3.18. The molecule has 3 aromatic rings. The SMILES string of the molecule is COc1ccc(-c2noc([C@H]3CN(S(=O)(=O)CCc4ccncc4)CCO3)n2)cc1. The highest BCUT2D eigenvalue weighted by molar-refractivity contribution is 7.89. The molecule has 2 aromatic heterocycles. The van der Waals surface area contributed by atoms with E-state index < -0.39 is 16.1 Å². The van der Waals surface area contributed by atoms with Crippen LogP contribution in [0.3, 0.4) is 0 Å². The molecule has 1 atom stereocenters. The van der Waals surface area contributed by atoms with E-state index in [2.05, 4.69) is 15.1 Å². The first-order chi connectivity index (χ1) is 14.5. The van der Waals surface area contributed by atoms with Gasteiger partial charge < -0.3 is 14.0 Å². The summed E-state index contributed by atoms with van der Waals surface area (Å²) in [6.45, 7) is 0.705. The molecule has 0 spiro atoms. The van der Waals surface area contributed by atoms with Gasteiger partial charge in [-0.25, -0.2) is 8.42 Å². The number of ether oxygens (including phenoxy) is 2. The Balaban J connectivity index is 1.42. The maximum atomic E-state index is 12.8. The lowest BCUT2D eigenvalue weighted by molar-refractivity contribution is -0.0199. The fraction of sp³-hybridized carbons (Fsp3) is 0.350. The molecule has 10 heteroatoms. The molecule has 0 N–H and O–H groups in total. The molecular formula is C20H22N4O5S. The van der Waals surface area contributed by atoms with Crippen molar-refractivity contribution in [2.45, 2.75) is 12.5 Å². The van der Waals surface area contributed by atoms with Gasteiger partial charge in [0, 0.05) is 31.0 Å². The quantitative estimate of drug-likeness (QED) is 0.561. The summed E-state index contributed by atoms with van der Waals surface area (Å²) in [5.41, 5.74) is 1.70. The minimum absolute atomic E-state index is 0.0185. The molecule has 0 amide bonds. The molecule has 1 aliphatic rings. The van der Waals surface area contributed by atoms with Crippen LogP contribution in [0.15, 0.2) is 53.3 Å². The number of hydrogen-bond donors (Lipinski definition) is 0. The zero-order chi connectivity index (χ0) is 21.0. The Morgan fingerprint density at radius 2 is 1.93 bits per heavy atom. The minimum Gasteiger partial charge on any atom is -0.497 e. The van der Waals surface area contributed by atoms with E-state index in [1.54, 1.807) is 31.6 Å². The highest BCUT2D eigenvalue weighted by Gasteiger charge is 2.33. The van der Waals surface area contributed by atoms with Crippen molar-refractivity contribution in [1.29, 1.82) is 0 Å². The standard InChI is InChI=1S/C20H22N4O5S/c1-27-17-4-2-16(3-5-17)19-22-20(29-23-19)18-14-24(11-12-28-18)30(25,26)13-8-15-6-9-21-10-7-15/h2-7,9-10,18H,8,11-14H2,1H3/t18-/m1/s1. The van der Waals surface area contributed by atoms with Crippen LogP contribution in [0.1, 0.15) is 17.6 Å². The number of aromatic nitrogens is 3. The molecule has 4 rings (SSSR count). The summed E-state index contributed by atoms with van der Waals surface area (Å²) >= 11 is 0. The lowest BCUT2D eigenvalue weighted by atomic mass is 10.2. The number of benzene rings is 1. The van der Waals surface area contributed by atoms with Crippen LogP contribution >= 0.6 is 0 Å². The Morgan fingerprint density at radius 3 is 2.67 bits per heavy atom. The fourth-order valence-corrected chi connectivity index (χ4v) is 4.64. The molecular weight excluding hydrogens is 408 g/mol. The van der Waals surface area contributed by atoms with Crippen molar-refractivity contribution in [2.24, 2.45) is 0 Å². The smallest absolute Gasteiger partial charge is 0.257 e. The second-order valence-electron chi connectivity index (χ2n) is 6.82. The molecule has 1 fully saturated rings. The first-order valence-electron chi connectivity index (χ1n) is 9.51. The molecule has 30 heavy (non-hydrogen) atoms. The Morgan fingerprint density at radius 1 is 1.17 bits per heavy atom. The predicted molar refractivity (Wildman–Crippen MR) is 108 cm³/mol. The molecule has 3 heterocycles. The van der Waals surface area contributed by atoms with Crippen molar-refractivity contribution in [2.75, 3.05) is 32.6 Å². The van der Waals surface area contributed by atoms with Gasteiger partial charge >= 0.3 is 0 Å². The van der Waals surface area contributed by atoms with Crippen LogP contribution in [0, 0.1) is 0 Å². The molecule has 1 saturated heterocycles. The van der Waals surface area contributed by atoms with Crippen LogP contribution in [0.4, 0.5) is 0 Å². The lowest BCUT2D eigenvalue weighted by Crippen LogP contribution is -2.43. The maximum Gasteiger partial charge on any atom is 0.257 e. The second kappa shape index (κ2) is 8.90. The summed E-state index contributed by atoms with van der Waals surface area (Å²) < 4.78 is 43.2. The summed E-state index contributed by atoms with van der Waals surface area (Å²) in [5.74, 6) is 1.42. The van der Waals surface area contributed by atoms with E-state index in [-0.39, 0.29) is 24.8 Å². The van der Waals surface area contributed by atoms with Gasteiger partial charge in [-0.1, -0.05) is 5.16 Å². The minimum atomic E-state index is -3.45. The van der Waals surface area contributed by atoms with Gasteiger partial charge in [-0.3, -0.25) is 4.98 Å². The van der Waals surface area contributed by atoms with Crippen LogP contribution in [0.25, 0.3) is 11.4 Å². The van der Waals surface area contributed by atoms with E-state index in [0.29, 0.717) is 18.8 Å². The molecule has 1 aliphatic heterocycles. The van der Waals surface area contributed by atoms with Gasteiger partial charge in [0.25, 0.3) is 5.89 Å². The van der Waals surface area contributed by atoms with Crippen molar-refractivity contribution in [3.8, 4) is 17.1 Å². The number of aryl methyl sites for hydroxylation is 1. The number of hydrogen-bond acceptors (Lipinski definition) is 8. The summed E-state index contributed by atoms with van der Waals surface area (Å²) in [4.78, 5) is 8.35. The van der Waals surface area contributed by atoms with Crippen molar-refractivity contribution in [3.05, 3.63) is 60.2 Å². The Kier molecular flexibility index (Phi) is 6.07. The predicted octanol–water partition coefficient (Wildman–Crippen LogP) is 2.09. The highest BCUT2D eigenvalue weighted by Crippen LogP contribution is 2.26. The average molecular weight is 430 g/mol. The third-order valence-corrected chi connectivity index (χ3v) is 6.72. The zero-order valence-electron chi connectivity index (χ0n) is 16.5. The normalized spacial score (nSPS) is 17.7. The van der Waals surface area contributed by atoms with Gasteiger partial charge in [-0.05, 0) is 48.4 Å². The van der Waals surface area contributed by atoms with Crippen molar-refractivity contribution < 1.29 is 22.4 Å². The molecule has 0 radical (unpaired) electrons. The van der Waals surface area contributed by atoms with Crippen LogP contribution in [0.2, 0.25) is 0 Å². The van der Waals surface area contributed by atoms with E-state index in [1.807, 2.05) is 24.3 Å². The summed E-state index contributed by atoms with van der Waals surface area (Å²) in [6, 6.07) is 10.9. The van der Waals surface area contributed by atoms with Crippen LogP contribution in [0.5, 0.6) is 5.75 Å². The third kappa shape index (κ3) is 4.66. The summed E-state index contributed by atoms with van der Waals surface area (Å²) in [5, 5.41) is 4.00. The molecule has 0 unspecified atom stereocenters. The third-order valence-electron chi connectivity index (χ3n) is 4.89. The number of pyridine rings is 1. The summed E-state index contributed by atoms with van der Waals surface area (Å²) in [6.07, 6.45) is 3.13. The van der Waals surface area contributed by atoms with Gasteiger partial charge in [0.2, 0.25) is 15.8 Å². The van der Waals surface area contributed by atoms with E-state index in [4.69, 9.17) is 14.0 Å². The second-order valence-corrected chi connectivity index (χ2v) is 8.91. The first-order valence-corrected chi connectivity index (χ1v) is 11.1. The number of methoxy groups -OCH3 is 1. The van der Waals surface area contributed by atoms with Gasteiger partial charge in [0.1, 0.15) is 5.75 Å². The van der Waals surface area contributed by atoms with Crippen LogP contribution < -0.4 is 4.74 Å².